The number of aryl methyl sites for hydroxylation is 2. The van der Waals surface area contributed by atoms with E-state index >= 15 is 0 Å². The van der Waals surface area contributed by atoms with Crippen LogP contribution in [-0.4, -0.2) is 16.4 Å². The lowest BCUT2D eigenvalue weighted by molar-refractivity contribution is 1.24. The molecule has 1 heterocycles. The molecule has 2 aromatic carbocycles. The van der Waals surface area contributed by atoms with Gasteiger partial charge in [-0.2, -0.15) is 0 Å². The predicted octanol–water partition coefficient (Wildman–Crippen LogP) is 7.29. The Hall–Kier alpha value is -2.49. The number of halogens is 2. The molecule has 0 aliphatic carbocycles. The fourth-order valence-electron chi connectivity index (χ4n) is 2.64. The van der Waals surface area contributed by atoms with Gasteiger partial charge in [0.1, 0.15) is 0 Å². The molecular weight excluding hydrogens is 389 g/mol. The van der Waals surface area contributed by atoms with Gasteiger partial charge < -0.3 is 0 Å². The van der Waals surface area contributed by atoms with Crippen molar-refractivity contribution in [2.75, 3.05) is 0 Å². The van der Waals surface area contributed by atoms with Crippen molar-refractivity contribution >= 4 is 46.0 Å². The van der Waals surface area contributed by atoms with Crippen molar-refractivity contribution in [3.05, 3.63) is 87.2 Å². The Labute approximate surface area is 175 Å². The second kappa shape index (κ2) is 8.68. The summed E-state index contributed by atoms with van der Waals surface area (Å²) in [6.07, 6.45) is 0. The van der Waals surface area contributed by atoms with E-state index in [-0.39, 0.29) is 0 Å². The summed E-state index contributed by atoms with van der Waals surface area (Å²) in [6, 6.07) is 17.4. The standard InChI is InChI=1S/C23H21Cl2N3/c1-14-8-10-18(12-20(14)24)26-16(3)22-6-5-7-23(28-22)17(4)27-19-11-9-15(2)21(25)13-19/h5-13H,1-4H3. The Kier molecular flexibility index (Phi) is 6.28. The molecule has 1 aromatic heterocycles. The van der Waals surface area contributed by atoms with Crippen LogP contribution in [0.5, 0.6) is 0 Å². The third-order valence-electron chi connectivity index (χ3n) is 4.39. The van der Waals surface area contributed by atoms with Crippen molar-refractivity contribution in [1.82, 2.24) is 4.98 Å². The van der Waals surface area contributed by atoms with Crippen LogP contribution in [0.25, 0.3) is 0 Å². The molecule has 3 aromatic rings. The quantitative estimate of drug-likeness (QED) is 0.416. The monoisotopic (exact) mass is 409 g/mol. The number of aromatic nitrogens is 1. The maximum atomic E-state index is 6.20. The second-order valence-corrected chi connectivity index (χ2v) is 7.48. The van der Waals surface area contributed by atoms with Crippen molar-refractivity contribution in [2.24, 2.45) is 9.98 Å². The molecule has 0 unspecified atom stereocenters. The summed E-state index contributed by atoms with van der Waals surface area (Å²) in [6.45, 7) is 7.81. The van der Waals surface area contributed by atoms with Crippen molar-refractivity contribution < 1.29 is 0 Å². The Balaban J connectivity index is 1.90. The van der Waals surface area contributed by atoms with Crippen LogP contribution in [0.4, 0.5) is 11.4 Å². The second-order valence-electron chi connectivity index (χ2n) is 6.67. The van der Waals surface area contributed by atoms with Crippen LogP contribution in [0.2, 0.25) is 10.0 Å². The molecule has 0 spiro atoms. The van der Waals surface area contributed by atoms with Crippen LogP contribution >= 0.6 is 23.2 Å². The Morgan fingerprint density at radius 3 is 1.54 bits per heavy atom. The van der Waals surface area contributed by atoms with Crippen LogP contribution in [0.1, 0.15) is 36.4 Å². The fourth-order valence-corrected chi connectivity index (χ4v) is 2.99. The molecular formula is C23H21Cl2N3. The highest BCUT2D eigenvalue weighted by atomic mass is 35.5. The lowest BCUT2D eigenvalue weighted by Crippen LogP contribution is -2.05. The zero-order valence-corrected chi connectivity index (χ0v) is 17.8. The normalized spacial score (nSPS) is 12.4. The van der Waals surface area contributed by atoms with Crippen molar-refractivity contribution in [1.29, 1.82) is 0 Å². The molecule has 142 valence electrons. The van der Waals surface area contributed by atoms with E-state index < -0.39 is 0 Å². The summed E-state index contributed by atoms with van der Waals surface area (Å²) in [5, 5.41) is 1.41. The molecule has 5 heteroatoms. The summed E-state index contributed by atoms with van der Waals surface area (Å²) in [5.74, 6) is 0. The molecule has 0 bridgehead atoms. The first-order valence-electron chi connectivity index (χ1n) is 8.94. The molecule has 0 atom stereocenters. The average Bonchev–Trinajstić information content (AvgIpc) is 2.67. The summed E-state index contributed by atoms with van der Waals surface area (Å²) < 4.78 is 0. The van der Waals surface area contributed by atoms with Crippen LogP contribution < -0.4 is 0 Å². The Bertz CT molecular complexity index is 1000. The van der Waals surface area contributed by atoms with Gasteiger partial charge in [-0.25, -0.2) is 4.98 Å². The first kappa shape index (κ1) is 20.2. The lowest BCUT2D eigenvalue weighted by Gasteiger charge is -2.06. The molecule has 0 saturated heterocycles. The van der Waals surface area contributed by atoms with Crippen LogP contribution in [0, 0.1) is 13.8 Å². The first-order valence-corrected chi connectivity index (χ1v) is 9.70. The molecule has 0 aliphatic rings. The number of nitrogens with zero attached hydrogens (tertiary/aromatic N) is 3. The topological polar surface area (TPSA) is 37.6 Å². The van der Waals surface area contributed by atoms with Gasteiger partial charge in [-0.05, 0) is 75.2 Å². The zero-order chi connectivity index (χ0) is 20.3. The average molecular weight is 410 g/mol. The van der Waals surface area contributed by atoms with Crippen molar-refractivity contribution in [3.63, 3.8) is 0 Å². The van der Waals surface area contributed by atoms with Gasteiger partial charge in [-0.1, -0.05) is 41.4 Å². The summed E-state index contributed by atoms with van der Waals surface area (Å²) in [4.78, 5) is 14.0. The van der Waals surface area contributed by atoms with E-state index in [1.807, 2.05) is 82.3 Å². The van der Waals surface area contributed by atoms with Crippen LogP contribution in [0.15, 0.2) is 64.6 Å². The van der Waals surface area contributed by atoms with Crippen LogP contribution in [-0.2, 0) is 0 Å². The molecule has 3 nitrogen and oxygen atoms in total. The van der Waals surface area contributed by atoms with Gasteiger partial charge >= 0.3 is 0 Å². The zero-order valence-electron chi connectivity index (χ0n) is 16.3. The molecule has 0 radical (unpaired) electrons. The van der Waals surface area contributed by atoms with Gasteiger partial charge in [0.25, 0.3) is 0 Å². The van der Waals surface area contributed by atoms with Gasteiger partial charge in [-0.3, -0.25) is 9.98 Å². The smallest absolute Gasteiger partial charge is 0.0849 e. The van der Waals surface area contributed by atoms with E-state index in [0.717, 1.165) is 45.3 Å². The predicted molar refractivity (Wildman–Crippen MR) is 120 cm³/mol. The minimum Gasteiger partial charge on any atom is -0.251 e. The maximum Gasteiger partial charge on any atom is 0.0849 e. The molecule has 28 heavy (non-hydrogen) atoms. The molecule has 0 saturated carbocycles. The number of benzene rings is 2. The van der Waals surface area contributed by atoms with Crippen molar-refractivity contribution in [2.45, 2.75) is 27.7 Å². The number of aliphatic imine (C=N–C) groups is 2. The lowest BCUT2D eigenvalue weighted by atomic mass is 10.2. The van der Waals surface area contributed by atoms with E-state index in [4.69, 9.17) is 28.2 Å². The van der Waals surface area contributed by atoms with Gasteiger partial charge in [0.05, 0.1) is 34.2 Å². The summed E-state index contributed by atoms with van der Waals surface area (Å²) >= 11 is 12.4. The molecule has 0 fully saturated rings. The largest absolute Gasteiger partial charge is 0.251 e. The van der Waals surface area contributed by atoms with E-state index in [1.165, 1.54) is 0 Å². The first-order chi connectivity index (χ1) is 13.3. The molecule has 0 N–H and O–H groups in total. The fraction of sp³-hybridized carbons (Fsp3) is 0.174. The number of hydrogen-bond donors (Lipinski definition) is 0. The van der Waals surface area contributed by atoms with Gasteiger partial charge in [0, 0.05) is 10.0 Å². The SMILES string of the molecule is CC(=Nc1ccc(C)c(Cl)c1)c1cccc(C(C)=Nc2ccc(C)c(Cl)c2)n1. The Morgan fingerprint density at radius 2 is 1.14 bits per heavy atom. The minimum atomic E-state index is 0.704. The van der Waals surface area contributed by atoms with Crippen LogP contribution in [0.3, 0.4) is 0 Å². The van der Waals surface area contributed by atoms with Gasteiger partial charge in [0.2, 0.25) is 0 Å². The highest BCUT2D eigenvalue weighted by Crippen LogP contribution is 2.24. The van der Waals surface area contributed by atoms with Crippen molar-refractivity contribution in [3.8, 4) is 0 Å². The maximum absolute atomic E-state index is 6.20. The summed E-state index contributed by atoms with van der Waals surface area (Å²) in [7, 11) is 0. The van der Waals surface area contributed by atoms with Gasteiger partial charge in [0.15, 0.2) is 0 Å². The van der Waals surface area contributed by atoms with E-state index in [9.17, 15) is 0 Å². The van der Waals surface area contributed by atoms with Gasteiger partial charge in [-0.15, -0.1) is 0 Å². The Morgan fingerprint density at radius 1 is 0.714 bits per heavy atom. The number of pyridine rings is 1. The third kappa shape index (κ3) is 4.86. The number of rotatable bonds is 4. The highest BCUT2D eigenvalue weighted by molar-refractivity contribution is 6.32. The molecule has 0 aliphatic heterocycles. The third-order valence-corrected chi connectivity index (χ3v) is 5.21. The highest BCUT2D eigenvalue weighted by Gasteiger charge is 2.06. The minimum absolute atomic E-state index is 0.704. The molecule has 3 rings (SSSR count). The summed E-state index contributed by atoms with van der Waals surface area (Å²) in [5.41, 5.74) is 6.89. The number of hydrogen-bond acceptors (Lipinski definition) is 3. The molecule has 0 amide bonds. The van der Waals surface area contributed by atoms with E-state index in [2.05, 4.69) is 9.98 Å². The van der Waals surface area contributed by atoms with E-state index in [1.54, 1.807) is 0 Å². The van der Waals surface area contributed by atoms with E-state index in [0.29, 0.717) is 10.0 Å².